The van der Waals surface area contributed by atoms with Crippen molar-refractivity contribution < 1.29 is 4.79 Å². The molecular formula is C17H18ClNOS2. The van der Waals surface area contributed by atoms with Gasteiger partial charge < -0.3 is 5.32 Å². The standard InChI is InChI=1S/C17H18ClNOS2/c18-15-6-8-16(9-7-15)22-13-17(20)19-10-11-21-12-14-4-2-1-3-5-14/h1-9H,10-13H2,(H,19,20). The zero-order valence-corrected chi connectivity index (χ0v) is 14.5. The molecule has 22 heavy (non-hydrogen) atoms. The fourth-order valence-corrected chi connectivity index (χ4v) is 3.43. The van der Waals surface area contributed by atoms with Gasteiger partial charge in [0.15, 0.2) is 0 Å². The number of thioether (sulfide) groups is 2. The van der Waals surface area contributed by atoms with Crippen molar-refractivity contribution >= 4 is 41.0 Å². The Morgan fingerprint density at radius 2 is 1.77 bits per heavy atom. The molecule has 0 unspecified atom stereocenters. The maximum atomic E-state index is 11.7. The first kappa shape index (κ1) is 17.3. The monoisotopic (exact) mass is 351 g/mol. The van der Waals surface area contributed by atoms with E-state index in [1.165, 1.54) is 17.3 Å². The topological polar surface area (TPSA) is 29.1 Å². The molecule has 0 aliphatic rings. The molecule has 0 bridgehead atoms. The highest BCUT2D eigenvalue weighted by atomic mass is 35.5. The fraction of sp³-hybridized carbons (Fsp3) is 0.235. The van der Waals surface area contributed by atoms with E-state index < -0.39 is 0 Å². The fourth-order valence-electron chi connectivity index (χ4n) is 1.76. The molecule has 2 nitrogen and oxygen atoms in total. The lowest BCUT2D eigenvalue weighted by molar-refractivity contribution is -0.118. The summed E-state index contributed by atoms with van der Waals surface area (Å²) < 4.78 is 0. The van der Waals surface area contributed by atoms with Crippen LogP contribution in [-0.4, -0.2) is 24.0 Å². The van der Waals surface area contributed by atoms with Crippen molar-refractivity contribution in [2.75, 3.05) is 18.1 Å². The van der Waals surface area contributed by atoms with E-state index in [0.29, 0.717) is 17.3 Å². The van der Waals surface area contributed by atoms with Gasteiger partial charge in [-0.2, -0.15) is 11.8 Å². The van der Waals surface area contributed by atoms with E-state index in [9.17, 15) is 4.79 Å². The summed E-state index contributed by atoms with van der Waals surface area (Å²) in [5.41, 5.74) is 1.32. The smallest absolute Gasteiger partial charge is 0.230 e. The minimum atomic E-state index is 0.0697. The molecule has 0 saturated carbocycles. The largest absolute Gasteiger partial charge is 0.355 e. The van der Waals surface area contributed by atoms with Crippen molar-refractivity contribution in [1.29, 1.82) is 0 Å². The Hall–Kier alpha value is -1.10. The van der Waals surface area contributed by atoms with Gasteiger partial charge in [0.05, 0.1) is 5.75 Å². The number of benzene rings is 2. The van der Waals surface area contributed by atoms with Gasteiger partial charge in [0, 0.05) is 28.0 Å². The first-order chi connectivity index (χ1) is 10.7. The summed E-state index contributed by atoms with van der Waals surface area (Å²) >= 11 is 9.17. The van der Waals surface area contributed by atoms with Gasteiger partial charge in [0.1, 0.15) is 0 Å². The van der Waals surface area contributed by atoms with E-state index in [4.69, 9.17) is 11.6 Å². The van der Waals surface area contributed by atoms with Crippen LogP contribution in [0.4, 0.5) is 0 Å². The molecule has 0 spiro atoms. The third-order valence-corrected chi connectivity index (χ3v) is 5.16. The summed E-state index contributed by atoms with van der Waals surface area (Å²) in [5, 5.41) is 3.66. The lowest BCUT2D eigenvalue weighted by atomic mass is 10.2. The minimum absolute atomic E-state index is 0.0697. The van der Waals surface area contributed by atoms with Crippen LogP contribution in [0.15, 0.2) is 59.5 Å². The van der Waals surface area contributed by atoms with Gasteiger partial charge in [-0.25, -0.2) is 0 Å². The summed E-state index contributed by atoms with van der Waals surface area (Å²) in [6.07, 6.45) is 0. The number of rotatable bonds is 8. The quantitative estimate of drug-likeness (QED) is 0.561. The van der Waals surface area contributed by atoms with E-state index >= 15 is 0 Å². The predicted octanol–water partition coefficient (Wildman–Crippen LogP) is 4.48. The average molecular weight is 352 g/mol. The Kier molecular flexibility index (Phi) is 7.71. The van der Waals surface area contributed by atoms with Crippen molar-refractivity contribution in [3.63, 3.8) is 0 Å². The third kappa shape index (κ3) is 6.77. The van der Waals surface area contributed by atoms with E-state index in [2.05, 4.69) is 17.4 Å². The van der Waals surface area contributed by atoms with Gasteiger partial charge in [-0.05, 0) is 29.8 Å². The number of amides is 1. The molecule has 0 radical (unpaired) electrons. The second-order valence-corrected chi connectivity index (χ2v) is 7.22. The van der Waals surface area contributed by atoms with Gasteiger partial charge in [0.25, 0.3) is 0 Å². The van der Waals surface area contributed by atoms with Crippen LogP contribution < -0.4 is 5.32 Å². The molecule has 2 rings (SSSR count). The van der Waals surface area contributed by atoms with Gasteiger partial charge in [-0.3, -0.25) is 4.79 Å². The molecule has 0 heterocycles. The Labute approximate surface area is 145 Å². The SMILES string of the molecule is O=C(CSc1ccc(Cl)cc1)NCCSCc1ccccc1. The number of carbonyl (C=O) groups excluding carboxylic acids is 1. The van der Waals surface area contributed by atoms with E-state index in [1.807, 2.05) is 54.2 Å². The molecule has 1 N–H and O–H groups in total. The third-order valence-electron chi connectivity index (χ3n) is 2.86. The Balaban J connectivity index is 1.55. The van der Waals surface area contributed by atoms with E-state index in [1.54, 1.807) is 0 Å². The van der Waals surface area contributed by atoms with Crippen LogP contribution >= 0.6 is 35.1 Å². The molecule has 0 fully saturated rings. The molecule has 0 aliphatic heterocycles. The van der Waals surface area contributed by atoms with Crippen molar-refractivity contribution in [3.05, 3.63) is 65.2 Å². The summed E-state index contributed by atoms with van der Waals surface area (Å²) in [6, 6.07) is 17.9. The molecule has 5 heteroatoms. The molecule has 0 aliphatic carbocycles. The van der Waals surface area contributed by atoms with Crippen molar-refractivity contribution in [2.45, 2.75) is 10.6 Å². The van der Waals surface area contributed by atoms with Gasteiger partial charge in [-0.15, -0.1) is 11.8 Å². The molecule has 1 amide bonds. The first-order valence-corrected chi connectivity index (χ1v) is 9.52. The molecular weight excluding hydrogens is 334 g/mol. The van der Waals surface area contributed by atoms with Gasteiger partial charge in [-0.1, -0.05) is 41.9 Å². The average Bonchev–Trinajstić information content (AvgIpc) is 2.55. The Morgan fingerprint density at radius 1 is 1.05 bits per heavy atom. The zero-order valence-electron chi connectivity index (χ0n) is 12.1. The highest BCUT2D eigenvalue weighted by Gasteiger charge is 2.02. The predicted molar refractivity (Wildman–Crippen MR) is 97.8 cm³/mol. The first-order valence-electron chi connectivity index (χ1n) is 7.01. The molecule has 116 valence electrons. The van der Waals surface area contributed by atoms with Crippen LogP contribution in [0.3, 0.4) is 0 Å². The number of hydrogen-bond donors (Lipinski definition) is 1. The lowest BCUT2D eigenvalue weighted by Crippen LogP contribution is -2.27. The summed E-state index contributed by atoms with van der Waals surface area (Å²) in [4.78, 5) is 12.8. The van der Waals surface area contributed by atoms with Crippen LogP contribution in [0.5, 0.6) is 0 Å². The highest BCUT2D eigenvalue weighted by Crippen LogP contribution is 2.19. The maximum Gasteiger partial charge on any atom is 0.230 e. The van der Waals surface area contributed by atoms with Crippen LogP contribution in [0.25, 0.3) is 0 Å². The summed E-state index contributed by atoms with van der Waals surface area (Å²) in [5.74, 6) is 2.41. The van der Waals surface area contributed by atoms with Crippen LogP contribution in [0.2, 0.25) is 5.02 Å². The minimum Gasteiger partial charge on any atom is -0.355 e. The van der Waals surface area contributed by atoms with Crippen molar-refractivity contribution in [1.82, 2.24) is 5.32 Å². The van der Waals surface area contributed by atoms with Gasteiger partial charge >= 0.3 is 0 Å². The molecule has 0 atom stereocenters. The Morgan fingerprint density at radius 3 is 2.50 bits per heavy atom. The van der Waals surface area contributed by atoms with Crippen LogP contribution in [-0.2, 0) is 10.5 Å². The van der Waals surface area contributed by atoms with Crippen molar-refractivity contribution in [3.8, 4) is 0 Å². The summed E-state index contributed by atoms with van der Waals surface area (Å²) in [7, 11) is 0. The van der Waals surface area contributed by atoms with Crippen LogP contribution in [0, 0.1) is 0 Å². The molecule has 2 aromatic carbocycles. The number of carbonyl (C=O) groups is 1. The van der Waals surface area contributed by atoms with E-state index in [-0.39, 0.29) is 5.91 Å². The summed E-state index contributed by atoms with van der Waals surface area (Å²) in [6.45, 7) is 0.706. The molecule has 0 saturated heterocycles. The zero-order chi connectivity index (χ0) is 15.6. The molecule has 0 aromatic heterocycles. The normalized spacial score (nSPS) is 10.4. The maximum absolute atomic E-state index is 11.7. The Bertz CT molecular complexity index is 575. The molecule has 2 aromatic rings. The second-order valence-electron chi connectivity index (χ2n) is 4.63. The second kappa shape index (κ2) is 9.82. The van der Waals surface area contributed by atoms with Crippen LogP contribution in [0.1, 0.15) is 5.56 Å². The number of nitrogens with one attached hydrogen (secondary N) is 1. The van der Waals surface area contributed by atoms with Crippen molar-refractivity contribution in [2.24, 2.45) is 0 Å². The lowest BCUT2D eigenvalue weighted by Gasteiger charge is -2.05. The number of halogens is 1. The van der Waals surface area contributed by atoms with E-state index in [0.717, 1.165) is 16.4 Å². The highest BCUT2D eigenvalue weighted by molar-refractivity contribution is 8.00. The number of hydrogen-bond acceptors (Lipinski definition) is 3. The van der Waals surface area contributed by atoms with Gasteiger partial charge in [0.2, 0.25) is 5.91 Å².